The van der Waals surface area contributed by atoms with E-state index in [0.717, 1.165) is 31.2 Å². The Hall–Kier alpha value is -2.23. The second-order valence-corrected chi connectivity index (χ2v) is 7.09. The van der Waals surface area contributed by atoms with Gasteiger partial charge in [0.1, 0.15) is 11.8 Å². The van der Waals surface area contributed by atoms with Crippen molar-refractivity contribution in [3.8, 4) is 5.88 Å². The van der Waals surface area contributed by atoms with E-state index in [1.165, 1.54) is 0 Å². The minimum absolute atomic E-state index is 0.133. The summed E-state index contributed by atoms with van der Waals surface area (Å²) in [7, 11) is 0. The minimum atomic E-state index is -4.57. The molecule has 0 radical (unpaired) electrons. The van der Waals surface area contributed by atoms with Crippen molar-refractivity contribution in [2.24, 2.45) is 0 Å². The van der Waals surface area contributed by atoms with Gasteiger partial charge in [-0.25, -0.2) is 4.98 Å². The average molecular weight is 431 g/mol. The Morgan fingerprint density at radius 1 is 1.00 bits per heavy atom. The van der Waals surface area contributed by atoms with Crippen LogP contribution in [0.5, 0.6) is 5.88 Å². The van der Waals surface area contributed by atoms with Crippen LogP contribution >= 0.6 is 0 Å². The fraction of sp³-hybridized carbons (Fsp3) is 0.476. The first-order valence-corrected chi connectivity index (χ1v) is 9.42. The van der Waals surface area contributed by atoms with Crippen LogP contribution in [0.3, 0.4) is 0 Å². The molecule has 30 heavy (non-hydrogen) atoms. The molecule has 0 N–H and O–H groups in total. The van der Waals surface area contributed by atoms with E-state index >= 15 is 0 Å². The number of hydrogen-bond acceptors (Lipinski definition) is 5. The lowest BCUT2D eigenvalue weighted by Gasteiger charge is -2.28. The lowest BCUT2D eigenvalue weighted by atomic mass is 10.0. The SMILES string of the molecule is CC1OCCC2OC(C)(C)OC12.FOc1cccc(C(F)(F)F)n1.c1ccccc1. The third-order valence-electron chi connectivity index (χ3n) is 4.23. The lowest BCUT2D eigenvalue weighted by Crippen LogP contribution is -2.40. The zero-order chi connectivity index (χ0) is 22.2. The van der Waals surface area contributed by atoms with Crippen molar-refractivity contribution in [3.63, 3.8) is 0 Å². The highest BCUT2D eigenvalue weighted by atomic mass is 19.4. The Bertz CT molecular complexity index is 731. The van der Waals surface area contributed by atoms with E-state index in [9.17, 15) is 17.7 Å². The molecule has 0 saturated carbocycles. The normalized spacial score (nSPS) is 24.4. The molecule has 9 heteroatoms. The van der Waals surface area contributed by atoms with Crippen molar-refractivity contribution in [3.05, 3.63) is 60.3 Å². The number of alkyl halides is 3. The van der Waals surface area contributed by atoms with E-state index < -0.39 is 23.5 Å². The zero-order valence-electron chi connectivity index (χ0n) is 16.9. The first-order chi connectivity index (χ1) is 14.1. The first kappa shape index (κ1) is 24.0. The molecule has 4 rings (SSSR count). The third kappa shape index (κ3) is 7.55. The highest BCUT2D eigenvalue weighted by Gasteiger charge is 2.45. The van der Waals surface area contributed by atoms with Crippen LogP contribution in [0.15, 0.2) is 54.6 Å². The molecular weight excluding hydrogens is 406 g/mol. The summed E-state index contributed by atoms with van der Waals surface area (Å²) in [5.74, 6) is -1.12. The van der Waals surface area contributed by atoms with Crippen molar-refractivity contribution < 1.29 is 36.8 Å². The summed E-state index contributed by atoms with van der Waals surface area (Å²) < 4.78 is 63.9. The number of rotatable bonds is 1. The third-order valence-corrected chi connectivity index (χ3v) is 4.23. The number of halogens is 4. The molecule has 0 spiro atoms. The molecule has 2 aliphatic rings. The smallest absolute Gasteiger partial charge is 0.376 e. The van der Waals surface area contributed by atoms with E-state index in [1.807, 2.05) is 57.2 Å². The quantitative estimate of drug-likeness (QED) is 0.569. The van der Waals surface area contributed by atoms with Crippen molar-refractivity contribution in [2.45, 2.75) is 57.5 Å². The van der Waals surface area contributed by atoms with Gasteiger partial charge < -0.3 is 14.2 Å². The molecule has 2 aliphatic heterocycles. The number of ether oxygens (including phenoxy) is 3. The maximum atomic E-state index is 11.9. The van der Waals surface area contributed by atoms with Crippen LogP contribution < -0.4 is 4.94 Å². The predicted octanol–water partition coefficient (Wildman–Crippen LogP) is 5.37. The van der Waals surface area contributed by atoms with Crippen LogP contribution in [0.2, 0.25) is 0 Å². The van der Waals surface area contributed by atoms with Crippen molar-refractivity contribution in [1.29, 1.82) is 0 Å². The average Bonchev–Trinajstić information content (AvgIpc) is 3.05. The highest BCUT2D eigenvalue weighted by molar-refractivity contribution is 5.17. The predicted molar refractivity (Wildman–Crippen MR) is 101 cm³/mol. The standard InChI is InChI=1S/C9H16O3.C6H3F4NO.C6H6/c1-6-8-7(4-5-10-6)11-9(2,3)12-8;7-6(8,9)4-2-1-3-5(11-4)12-10;1-2-4-6-5-3-1/h6-8H,4-5H2,1-3H3;1-3H;1-6H. The lowest BCUT2D eigenvalue weighted by molar-refractivity contribution is -0.152. The number of nitrogens with zero attached hydrogens (tertiary/aromatic N) is 1. The van der Waals surface area contributed by atoms with E-state index in [1.54, 1.807) is 0 Å². The Labute approximate surface area is 172 Å². The molecule has 3 unspecified atom stereocenters. The zero-order valence-corrected chi connectivity index (χ0v) is 16.9. The molecule has 0 amide bonds. The van der Waals surface area contributed by atoms with Gasteiger partial charge in [0, 0.05) is 17.2 Å². The van der Waals surface area contributed by atoms with Crippen LogP contribution in [0.25, 0.3) is 0 Å². The summed E-state index contributed by atoms with van der Waals surface area (Å²) in [5.41, 5.74) is -1.18. The molecule has 3 heterocycles. The van der Waals surface area contributed by atoms with Crippen LogP contribution in [0.1, 0.15) is 32.9 Å². The Kier molecular flexibility index (Phi) is 8.57. The molecule has 2 fully saturated rings. The number of fused-ring (bicyclic) bond motifs is 1. The van der Waals surface area contributed by atoms with E-state index in [2.05, 4.69) is 9.93 Å². The van der Waals surface area contributed by atoms with Crippen LogP contribution in [0, 0.1) is 0 Å². The molecule has 5 nitrogen and oxygen atoms in total. The summed E-state index contributed by atoms with van der Waals surface area (Å²) >= 11 is 0. The van der Waals surface area contributed by atoms with Gasteiger partial charge in [0.25, 0.3) is 5.88 Å². The molecule has 0 bridgehead atoms. The van der Waals surface area contributed by atoms with Crippen molar-refractivity contribution in [2.75, 3.05) is 6.61 Å². The van der Waals surface area contributed by atoms with Crippen molar-refractivity contribution >= 4 is 0 Å². The summed E-state index contributed by atoms with van der Waals surface area (Å²) in [6, 6.07) is 14.7. The molecule has 2 aromatic rings. The second kappa shape index (κ2) is 10.7. The number of aromatic nitrogens is 1. The van der Waals surface area contributed by atoms with Gasteiger partial charge in [-0.2, -0.15) is 13.2 Å². The number of hydrogen-bond donors (Lipinski definition) is 0. The maximum Gasteiger partial charge on any atom is 0.433 e. The number of pyridine rings is 1. The Morgan fingerprint density at radius 3 is 2.10 bits per heavy atom. The van der Waals surface area contributed by atoms with E-state index in [0.29, 0.717) is 0 Å². The highest BCUT2D eigenvalue weighted by Crippen LogP contribution is 2.34. The summed E-state index contributed by atoms with van der Waals surface area (Å²) in [5, 5.41) is 0. The maximum absolute atomic E-state index is 11.9. The van der Waals surface area contributed by atoms with Crippen LogP contribution in [-0.4, -0.2) is 35.7 Å². The Balaban J connectivity index is 0.000000169. The van der Waals surface area contributed by atoms with Crippen LogP contribution in [-0.2, 0) is 20.4 Å². The summed E-state index contributed by atoms with van der Waals surface area (Å²) in [6.45, 7) is 6.75. The van der Waals surface area contributed by atoms with Crippen LogP contribution in [0.4, 0.5) is 17.7 Å². The van der Waals surface area contributed by atoms with Gasteiger partial charge in [0.15, 0.2) is 5.79 Å². The fourth-order valence-electron chi connectivity index (χ4n) is 2.95. The molecule has 1 aromatic heterocycles. The van der Waals surface area contributed by atoms with Gasteiger partial charge in [-0.1, -0.05) is 42.5 Å². The molecule has 3 atom stereocenters. The van der Waals surface area contributed by atoms with E-state index in [-0.39, 0.29) is 18.3 Å². The first-order valence-electron chi connectivity index (χ1n) is 9.42. The topological polar surface area (TPSA) is 49.8 Å². The summed E-state index contributed by atoms with van der Waals surface area (Å²) in [4.78, 5) is 5.88. The van der Waals surface area contributed by atoms with Gasteiger partial charge >= 0.3 is 6.18 Å². The Morgan fingerprint density at radius 2 is 1.60 bits per heavy atom. The fourth-order valence-corrected chi connectivity index (χ4v) is 2.95. The second-order valence-electron chi connectivity index (χ2n) is 7.09. The minimum Gasteiger partial charge on any atom is -0.376 e. The van der Waals surface area contributed by atoms with Gasteiger partial charge in [0.05, 0.1) is 12.2 Å². The molecule has 166 valence electrons. The molecular formula is C21H25F4NO4. The largest absolute Gasteiger partial charge is 0.433 e. The van der Waals surface area contributed by atoms with Gasteiger partial charge in [0.2, 0.25) is 0 Å². The van der Waals surface area contributed by atoms with Gasteiger partial charge in [-0.3, -0.25) is 4.94 Å². The number of benzene rings is 1. The summed E-state index contributed by atoms with van der Waals surface area (Å²) in [6.07, 6.45) is -3.07. The monoisotopic (exact) mass is 431 g/mol. The van der Waals surface area contributed by atoms with E-state index in [4.69, 9.17) is 14.2 Å². The van der Waals surface area contributed by atoms with Gasteiger partial charge in [-0.05, 0) is 33.3 Å². The van der Waals surface area contributed by atoms with Crippen molar-refractivity contribution in [1.82, 2.24) is 4.98 Å². The molecule has 1 aromatic carbocycles. The molecule has 2 saturated heterocycles. The van der Waals surface area contributed by atoms with Gasteiger partial charge in [-0.15, -0.1) is 0 Å². The molecule has 0 aliphatic carbocycles.